The first-order valence-electron chi connectivity index (χ1n) is 8.94. The number of fused-ring (bicyclic) bond motifs is 1. The molecule has 0 spiro atoms. The van der Waals surface area contributed by atoms with Crippen LogP contribution in [0.1, 0.15) is 36.7 Å². The molecule has 1 aromatic carbocycles. The van der Waals surface area contributed by atoms with Crippen LogP contribution in [0.25, 0.3) is 10.9 Å². The van der Waals surface area contributed by atoms with Crippen LogP contribution in [0.5, 0.6) is 5.75 Å². The highest BCUT2D eigenvalue weighted by Crippen LogP contribution is 2.30. The van der Waals surface area contributed by atoms with E-state index in [2.05, 4.69) is 14.9 Å². The number of aromatic amines is 1. The van der Waals surface area contributed by atoms with Gasteiger partial charge in [-0.05, 0) is 45.2 Å². The largest absolute Gasteiger partial charge is 0.496 e. The monoisotopic (exact) mass is 345 g/mol. The topological polar surface area (TPSA) is 67.5 Å². The molecule has 0 atom stereocenters. The van der Waals surface area contributed by atoms with Crippen LogP contribution in [-0.4, -0.2) is 47.8 Å². The Kier molecular flexibility index (Phi) is 5.39. The van der Waals surface area contributed by atoms with Crippen molar-refractivity contribution in [2.45, 2.75) is 46.3 Å². The number of rotatable bonds is 5. The highest BCUT2D eigenvalue weighted by atomic mass is 16.5. The summed E-state index contributed by atoms with van der Waals surface area (Å²) in [4.78, 5) is 22.4. The van der Waals surface area contributed by atoms with Gasteiger partial charge in [-0.1, -0.05) is 0 Å². The van der Waals surface area contributed by atoms with Gasteiger partial charge < -0.3 is 14.5 Å². The lowest BCUT2D eigenvalue weighted by atomic mass is 10.0. The van der Waals surface area contributed by atoms with Crippen molar-refractivity contribution >= 4 is 10.9 Å². The second kappa shape index (κ2) is 7.54. The number of hydrogen-bond donors (Lipinski definition) is 1. The average molecular weight is 345 g/mol. The van der Waals surface area contributed by atoms with Crippen LogP contribution in [-0.2, 0) is 11.3 Å². The molecule has 0 saturated carbocycles. The average Bonchev–Trinajstić information content (AvgIpc) is 2.59. The minimum Gasteiger partial charge on any atom is -0.496 e. The molecule has 1 aliphatic rings. The van der Waals surface area contributed by atoms with Crippen molar-refractivity contribution in [3.05, 3.63) is 33.4 Å². The zero-order valence-corrected chi connectivity index (χ0v) is 15.5. The van der Waals surface area contributed by atoms with Crippen LogP contribution < -0.4 is 10.3 Å². The van der Waals surface area contributed by atoms with Crippen molar-refractivity contribution in [1.82, 2.24) is 14.9 Å². The summed E-state index contributed by atoms with van der Waals surface area (Å²) in [6, 6.07) is 1.98. The molecule has 25 heavy (non-hydrogen) atoms. The van der Waals surface area contributed by atoms with Gasteiger partial charge in [0, 0.05) is 31.8 Å². The standard InChI is InChI=1S/C19H27N3O3/c1-5-25-14-6-8-22(9-7-14)11-15-16(24-4)10-12(2)18-17(15)19(23)21-13(3)20-18/h10,14H,5-9,11H2,1-4H3,(H,20,21,23). The van der Waals surface area contributed by atoms with Crippen molar-refractivity contribution in [3.8, 4) is 5.75 Å². The first kappa shape index (κ1) is 17.9. The summed E-state index contributed by atoms with van der Waals surface area (Å²) in [6.45, 7) is 9.18. The highest BCUT2D eigenvalue weighted by Gasteiger charge is 2.23. The molecular formula is C19H27N3O3. The SMILES string of the molecule is CCOC1CCN(Cc2c(OC)cc(C)c3nc(C)[nH]c(=O)c23)CC1. The van der Waals surface area contributed by atoms with E-state index in [-0.39, 0.29) is 5.56 Å². The molecule has 3 rings (SSSR count). The molecule has 0 amide bonds. The van der Waals surface area contributed by atoms with E-state index in [1.54, 1.807) is 7.11 Å². The Hall–Kier alpha value is -1.92. The molecule has 1 saturated heterocycles. The van der Waals surface area contributed by atoms with Crippen LogP contribution in [0.4, 0.5) is 0 Å². The Labute approximate surface area is 148 Å². The quantitative estimate of drug-likeness (QED) is 0.902. The van der Waals surface area contributed by atoms with E-state index < -0.39 is 0 Å². The van der Waals surface area contributed by atoms with Gasteiger partial charge in [0.1, 0.15) is 11.6 Å². The summed E-state index contributed by atoms with van der Waals surface area (Å²) >= 11 is 0. The maximum Gasteiger partial charge on any atom is 0.259 e. The summed E-state index contributed by atoms with van der Waals surface area (Å²) in [6.07, 6.45) is 2.40. The molecule has 0 aliphatic carbocycles. The van der Waals surface area contributed by atoms with Crippen molar-refractivity contribution in [2.24, 2.45) is 0 Å². The van der Waals surface area contributed by atoms with Crippen LogP contribution in [0.2, 0.25) is 0 Å². The fraction of sp³-hybridized carbons (Fsp3) is 0.579. The lowest BCUT2D eigenvalue weighted by Gasteiger charge is -2.32. The number of aryl methyl sites for hydroxylation is 2. The Bertz CT molecular complexity index is 808. The fourth-order valence-corrected chi connectivity index (χ4v) is 3.66. The molecule has 2 aromatic rings. The van der Waals surface area contributed by atoms with Gasteiger partial charge in [-0.25, -0.2) is 4.98 Å². The number of benzene rings is 1. The number of likely N-dealkylation sites (tertiary alicyclic amines) is 1. The molecule has 0 bridgehead atoms. The molecular weight excluding hydrogens is 318 g/mol. The lowest BCUT2D eigenvalue weighted by molar-refractivity contribution is 0.0125. The third-order valence-corrected chi connectivity index (χ3v) is 4.90. The third-order valence-electron chi connectivity index (χ3n) is 4.90. The Balaban J connectivity index is 1.95. The number of ether oxygens (including phenoxy) is 2. The zero-order valence-electron chi connectivity index (χ0n) is 15.5. The van der Waals surface area contributed by atoms with E-state index in [9.17, 15) is 4.79 Å². The molecule has 0 radical (unpaired) electrons. The van der Waals surface area contributed by atoms with Crippen LogP contribution >= 0.6 is 0 Å². The number of piperidine rings is 1. The Morgan fingerprint density at radius 2 is 2.04 bits per heavy atom. The van der Waals surface area contributed by atoms with E-state index in [1.807, 2.05) is 26.8 Å². The minimum absolute atomic E-state index is 0.0938. The predicted octanol–water partition coefficient (Wildman–Crippen LogP) is 2.55. The molecule has 1 aromatic heterocycles. The van der Waals surface area contributed by atoms with E-state index in [0.29, 0.717) is 23.9 Å². The van der Waals surface area contributed by atoms with Crippen molar-refractivity contribution in [1.29, 1.82) is 0 Å². The van der Waals surface area contributed by atoms with Crippen molar-refractivity contribution in [2.75, 3.05) is 26.8 Å². The first-order valence-corrected chi connectivity index (χ1v) is 8.94. The highest BCUT2D eigenvalue weighted by molar-refractivity contribution is 5.86. The van der Waals surface area contributed by atoms with Gasteiger partial charge in [-0.2, -0.15) is 0 Å². The summed E-state index contributed by atoms with van der Waals surface area (Å²) in [7, 11) is 1.65. The van der Waals surface area contributed by atoms with Crippen LogP contribution in [0, 0.1) is 13.8 Å². The van der Waals surface area contributed by atoms with Crippen molar-refractivity contribution in [3.63, 3.8) is 0 Å². The summed E-state index contributed by atoms with van der Waals surface area (Å²) in [5, 5.41) is 0.648. The molecule has 136 valence electrons. The smallest absolute Gasteiger partial charge is 0.259 e. The number of aromatic nitrogens is 2. The van der Waals surface area contributed by atoms with E-state index in [1.165, 1.54) is 0 Å². The van der Waals surface area contributed by atoms with E-state index in [4.69, 9.17) is 9.47 Å². The van der Waals surface area contributed by atoms with Gasteiger partial charge in [-0.3, -0.25) is 9.69 Å². The second-order valence-electron chi connectivity index (χ2n) is 6.68. The minimum atomic E-state index is -0.0938. The van der Waals surface area contributed by atoms with Gasteiger partial charge in [-0.15, -0.1) is 0 Å². The summed E-state index contributed by atoms with van der Waals surface area (Å²) in [5.41, 5.74) is 2.55. The second-order valence-corrected chi connectivity index (χ2v) is 6.68. The maximum absolute atomic E-state index is 12.6. The number of nitrogens with zero attached hydrogens (tertiary/aromatic N) is 2. The molecule has 2 heterocycles. The molecule has 1 N–H and O–H groups in total. The predicted molar refractivity (Wildman–Crippen MR) is 98.3 cm³/mol. The van der Waals surface area contributed by atoms with Gasteiger partial charge in [0.2, 0.25) is 0 Å². The normalized spacial score (nSPS) is 16.5. The van der Waals surface area contributed by atoms with E-state index >= 15 is 0 Å². The van der Waals surface area contributed by atoms with E-state index in [0.717, 1.165) is 54.9 Å². The Morgan fingerprint density at radius 3 is 2.68 bits per heavy atom. The maximum atomic E-state index is 12.6. The molecule has 6 nitrogen and oxygen atoms in total. The third kappa shape index (κ3) is 3.70. The van der Waals surface area contributed by atoms with Crippen molar-refractivity contribution < 1.29 is 9.47 Å². The summed E-state index contributed by atoms with van der Waals surface area (Å²) < 4.78 is 11.3. The van der Waals surface area contributed by atoms with Gasteiger partial charge in [0.15, 0.2) is 0 Å². The zero-order chi connectivity index (χ0) is 18.0. The van der Waals surface area contributed by atoms with Crippen LogP contribution in [0.3, 0.4) is 0 Å². The molecule has 1 fully saturated rings. The fourth-order valence-electron chi connectivity index (χ4n) is 3.66. The lowest BCUT2D eigenvalue weighted by Crippen LogP contribution is -2.37. The molecule has 0 unspecified atom stereocenters. The molecule has 1 aliphatic heterocycles. The first-order chi connectivity index (χ1) is 12.0. The number of methoxy groups -OCH3 is 1. The summed E-state index contributed by atoms with van der Waals surface area (Å²) in [5.74, 6) is 1.39. The number of nitrogens with one attached hydrogen (secondary N) is 1. The number of hydrogen-bond acceptors (Lipinski definition) is 5. The Morgan fingerprint density at radius 1 is 1.32 bits per heavy atom. The molecule has 6 heteroatoms. The number of H-pyrrole nitrogens is 1. The van der Waals surface area contributed by atoms with Gasteiger partial charge >= 0.3 is 0 Å². The van der Waals surface area contributed by atoms with Gasteiger partial charge in [0.25, 0.3) is 5.56 Å². The van der Waals surface area contributed by atoms with Crippen LogP contribution in [0.15, 0.2) is 10.9 Å². The van der Waals surface area contributed by atoms with Gasteiger partial charge in [0.05, 0.1) is 24.1 Å².